The molecular formula is C18H24N2O6S2. The van der Waals surface area contributed by atoms with Crippen molar-refractivity contribution < 1.29 is 25.8 Å². The van der Waals surface area contributed by atoms with Crippen LogP contribution in [0.5, 0.6) is 0 Å². The Labute approximate surface area is 166 Å². The van der Waals surface area contributed by atoms with Crippen LogP contribution < -0.4 is 0 Å². The maximum atomic E-state index is 12.8. The van der Waals surface area contributed by atoms with Crippen LogP contribution in [0.15, 0.2) is 29.2 Å². The van der Waals surface area contributed by atoms with Crippen molar-refractivity contribution in [3.8, 4) is 6.19 Å². The average molecular weight is 429 g/mol. The molecular weight excluding hydrogens is 404 g/mol. The number of sulfone groups is 1. The molecule has 1 saturated carbocycles. The van der Waals surface area contributed by atoms with Gasteiger partial charge < -0.3 is 0 Å². The number of carbonyl (C=O) groups is 1. The van der Waals surface area contributed by atoms with Gasteiger partial charge in [-0.25, -0.2) is 8.42 Å². The molecule has 1 aliphatic rings. The van der Waals surface area contributed by atoms with E-state index in [1.807, 2.05) is 0 Å². The van der Waals surface area contributed by atoms with Crippen LogP contribution in [0.2, 0.25) is 0 Å². The van der Waals surface area contributed by atoms with Gasteiger partial charge in [-0.2, -0.15) is 13.7 Å². The van der Waals surface area contributed by atoms with Crippen molar-refractivity contribution in [1.82, 2.24) is 4.90 Å². The normalized spacial score (nSPS) is 20.3. The first-order chi connectivity index (χ1) is 13.0. The average Bonchev–Trinajstić information content (AvgIpc) is 2.65. The van der Waals surface area contributed by atoms with E-state index < -0.39 is 25.9 Å². The van der Waals surface area contributed by atoms with Gasteiger partial charge in [-0.1, -0.05) is 25.0 Å². The van der Waals surface area contributed by atoms with Gasteiger partial charge in [0, 0.05) is 13.0 Å². The molecule has 1 amide bonds. The van der Waals surface area contributed by atoms with Crippen molar-refractivity contribution >= 4 is 25.9 Å². The van der Waals surface area contributed by atoms with Crippen molar-refractivity contribution in [2.75, 3.05) is 19.1 Å². The topological polar surface area (TPSA) is 122 Å². The smallest absolute Gasteiger partial charge is 0.264 e. The quantitative estimate of drug-likeness (QED) is 0.368. The van der Waals surface area contributed by atoms with Gasteiger partial charge in [0.05, 0.1) is 23.5 Å². The first-order valence-electron chi connectivity index (χ1n) is 8.87. The molecule has 0 aromatic heterocycles. The Hall–Kier alpha value is -1.96. The molecule has 0 radical (unpaired) electrons. The Morgan fingerprint density at radius 3 is 2.36 bits per heavy atom. The van der Waals surface area contributed by atoms with E-state index in [1.165, 1.54) is 31.3 Å². The standard InChI is InChI=1S/C18H24N2O6S2/c1-20(13-19)18(21)17-6-4-3-5-15(17)12-28(24,25)16-9-7-14(8-10-16)11-26-27(2,22)23/h7-10,15,17H,3-6,11-12H2,1-2H3. The summed E-state index contributed by atoms with van der Waals surface area (Å²) in [7, 11) is -5.82. The lowest BCUT2D eigenvalue weighted by atomic mass is 9.79. The first-order valence-corrected chi connectivity index (χ1v) is 12.3. The highest BCUT2D eigenvalue weighted by Crippen LogP contribution is 2.33. The zero-order valence-corrected chi connectivity index (χ0v) is 17.5. The first kappa shape index (κ1) is 22.3. The van der Waals surface area contributed by atoms with Crippen LogP contribution in [0.1, 0.15) is 31.2 Å². The van der Waals surface area contributed by atoms with E-state index in [0.29, 0.717) is 18.4 Å². The monoisotopic (exact) mass is 428 g/mol. The van der Waals surface area contributed by atoms with Crippen LogP contribution >= 0.6 is 0 Å². The van der Waals surface area contributed by atoms with E-state index in [2.05, 4.69) is 0 Å². The molecule has 2 atom stereocenters. The van der Waals surface area contributed by atoms with Gasteiger partial charge >= 0.3 is 0 Å². The minimum Gasteiger partial charge on any atom is -0.273 e. The maximum absolute atomic E-state index is 12.8. The molecule has 8 nitrogen and oxygen atoms in total. The van der Waals surface area contributed by atoms with Gasteiger partial charge in [-0.15, -0.1) is 0 Å². The van der Waals surface area contributed by atoms with Crippen molar-refractivity contribution in [1.29, 1.82) is 5.26 Å². The van der Waals surface area contributed by atoms with Crippen LogP contribution in [-0.2, 0) is 35.5 Å². The van der Waals surface area contributed by atoms with Crippen LogP contribution in [0.4, 0.5) is 0 Å². The summed E-state index contributed by atoms with van der Waals surface area (Å²) in [6.07, 6.45) is 5.61. The molecule has 0 heterocycles. The fourth-order valence-electron chi connectivity index (χ4n) is 3.38. The van der Waals surface area contributed by atoms with Crippen LogP contribution in [0, 0.1) is 23.3 Å². The summed E-state index contributed by atoms with van der Waals surface area (Å²) >= 11 is 0. The second-order valence-electron chi connectivity index (χ2n) is 7.04. The van der Waals surface area contributed by atoms with Gasteiger partial charge in [-0.3, -0.25) is 13.9 Å². The summed E-state index contributed by atoms with van der Waals surface area (Å²) in [6, 6.07) is 5.84. The lowest BCUT2D eigenvalue weighted by Crippen LogP contribution is -2.38. The van der Waals surface area contributed by atoms with E-state index in [1.54, 1.807) is 6.19 Å². The Morgan fingerprint density at radius 2 is 1.79 bits per heavy atom. The molecule has 1 fully saturated rings. The molecule has 1 aliphatic carbocycles. The molecule has 0 bridgehead atoms. The molecule has 28 heavy (non-hydrogen) atoms. The van der Waals surface area contributed by atoms with Crippen molar-refractivity contribution in [3.63, 3.8) is 0 Å². The lowest BCUT2D eigenvalue weighted by Gasteiger charge is -2.31. The number of amides is 1. The number of carbonyl (C=O) groups excluding carboxylic acids is 1. The molecule has 0 N–H and O–H groups in total. The molecule has 154 valence electrons. The highest BCUT2D eigenvalue weighted by molar-refractivity contribution is 7.91. The summed E-state index contributed by atoms with van der Waals surface area (Å²) in [4.78, 5) is 13.5. The highest BCUT2D eigenvalue weighted by atomic mass is 32.2. The van der Waals surface area contributed by atoms with Crippen LogP contribution in [0.3, 0.4) is 0 Å². The molecule has 10 heteroatoms. The van der Waals surface area contributed by atoms with Crippen molar-refractivity contribution in [2.24, 2.45) is 11.8 Å². The van der Waals surface area contributed by atoms with Crippen LogP contribution in [-0.4, -0.2) is 46.7 Å². The summed E-state index contributed by atoms with van der Waals surface area (Å²) < 4.78 is 52.4. The van der Waals surface area contributed by atoms with Crippen LogP contribution in [0.25, 0.3) is 0 Å². The second-order valence-corrected chi connectivity index (χ2v) is 10.7. The minimum atomic E-state index is -3.63. The molecule has 0 saturated heterocycles. The predicted molar refractivity (Wildman–Crippen MR) is 102 cm³/mol. The number of hydrogen-bond donors (Lipinski definition) is 0. The third-order valence-corrected chi connectivity index (χ3v) is 7.27. The number of hydrogen-bond acceptors (Lipinski definition) is 7. The lowest BCUT2D eigenvalue weighted by molar-refractivity contribution is -0.133. The fraction of sp³-hybridized carbons (Fsp3) is 0.556. The molecule has 1 aromatic rings. The number of nitrogens with zero attached hydrogens (tertiary/aromatic N) is 2. The Bertz CT molecular complexity index is 949. The zero-order valence-electron chi connectivity index (χ0n) is 15.9. The number of benzene rings is 1. The number of nitriles is 1. The largest absolute Gasteiger partial charge is 0.273 e. The zero-order chi connectivity index (χ0) is 20.9. The molecule has 2 unspecified atom stereocenters. The van der Waals surface area contributed by atoms with Gasteiger partial charge in [0.1, 0.15) is 0 Å². The Balaban J connectivity index is 2.13. The van der Waals surface area contributed by atoms with Crippen molar-refractivity contribution in [3.05, 3.63) is 29.8 Å². The van der Waals surface area contributed by atoms with E-state index in [0.717, 1.165) is 24.0 Å². The highest BCUT2D eigenvalue weighted by Gasteiger charge is 2.36. The van der Waals surface area contributed by atoms with Gasteiger partial charge in [0.15, 0.2) is 16.0 Å². The number of rotatable bonds is 7. The predicted octanol–water partition coefficient (Wildman–Crippen LogP) is 1.68. The summed E-state index contributed by atoms with van der Waals surface area (Å²) in [5.74, 6) is -1.32. The molecule has 0 aliphatic heterocycles. The van der Waals surface area contributed by atoms with Crippen molar-refractivity contribution in [2.45, 2.75) is 37.2 Å². The second kappa shape index (κ2) is 9.03. The van der Waals surface area contributed by atoms with E-state index in [4.69, 9.17) is 9.44 Å². The van der Waals surface area contributed by atoms with E-state index in [9.17, 15) is 21.6 Å². The van der Waals surface area contributed by atoms with E-state index >= 15 is 0 Å². The third-order valence-electron chi connectivity index (χ3n) is 4.86. The summed E-state index contributed by atoms with van der Waals surface area (Å²) in [5, 5.41) is 8.94. The molecule has 1 aromatic carbocycles. The fourth-order valence-corrected chi connectivity index (χ4v) is 5.43. The minimum absolute atomic E-state index is 0.112. The maximum Gasteiger partial charge on any atom is 0.264 e. The van der Waals surface area contributed by atoms with Gasteiger partial charge in [0.2, 0.25) is 5.91 Å². The molecule has 0 spiro atoms. The summed E-state index contributed by atoms with van der Waals surface area (Å²) in [6.45, 7) is -0.168. The van der Waals surface area contributed by atoms with Gasteiger partial charge in [0.25, 0.3) is 10.1 Å². The Morgan fingerprint density at radius 1 is 1.18 bits per heavy atom. The van der Waals surface area contributed by atoms with E-state index in [-0.39, 0.29) is 29.1 Å². The summed E-state index contributed by atoms with van der Waals surface area (Å²) in [5.41, 5.74) is 0.533. The third kappa shape index (κ3) is 6.02. The van der Waals surface area contributed by atoms with Gasteiger partial charge in [-0.05, 0) is 36.5 Å². The Kier molecular flexibility index (Phi) is 7.20. The molecule has 2 rings (SSSR count). The SMILES string of the molecule is CN(C#N)C(=O)C1CCCCC1CS(=O)(=O)c1ccc(COS(C)(=O)=O)cc1.